The summed E-state index contributed by atoms with van der Waals surface area (Å²) in [6.07, 6.45) is 5.08. The summed E-state index contributed by atoms with van der Waals surface area (Å²) in [6, 6.07) is 15.8. The summed E-state index contributed by atoms with van der Waals surface area (Å²) < 4.78 is 39.6. The first-order valence-electron chi connectivity index (χ1n) is 17.7. The van der Waals surface area contributed by atoms with Crippen molar-refractivity contribution >= 4 is 38.6 Å². The smallest absolute Gasteiger partial charge is 0.259 e. The zero-order valence-electron chi connectivity index (χ0n) is 28.6. The molecule has 1 aliphatic heterocycles. The molecule has 0 bridgehead atoms. The number of carbonyl (C=O) groups excluding carboxylic acids is 3. The summed E-state index contributed by atoms with van der Waals surface area (Å²) in [6.45, 7) is 3.79. The van der Waals surface area contributed by atoms with E-state index in [1.54, 1.807) is 13.2 Å². The van der Waals surface area contributed by atoms with Crippen LogP contribution in [0, 0.1) is 11.8 Å². The van der Waals surface area contributed by atoms with Gasteiger partial charge < -0.3 is 24.8 Å². The fourth-order valence-corrected chi connectivity index (χ4v) is 8.92. The number of fused-ring (bicyclic) bond motifs is 1. The number of likely N-dealkylation sites (tertiary alicyclic amines) is 1. The maximum absolute atomic E-state index is 14.2. The second-order valence-corrected chi connectivity index (χ2v) is 16.2. The van der Waals surface area contributed by atoms with E-state index in [1.165, 1.54) is 11.0 Å². The van der Waals surface area contributed by atoms with E-state index in [1.807, 2.05) is 48.5 Å². The molecule has 3 saturated carbocycles. The van der Waals surface area contributed by atoms with Gasteiger partial charge in [0.15, 0.2) is 0 Å². The number of rotatable bonds is 12. The summed E-state index contributed by atoms with van der Waals surface area (Å²) in [4.78, 5) is 47.9. The second-order valence-electron chi connectivity index (χ2n) is 14.3. The van der Waals surface area contributed by atoms with Crippen LogP contribution in [-0.2, 0) is 24.4 Å². The minimum absolute atomic E-state index is 0.0154. The van der Waals surface area contributed by atoms with Crippen LogP contribution in [0.2, 0.25) is 0 Å². The average molecular weight is 717 g/mol. The Kier molecular flexibility index (Phi) is 9.53. The number of aliphatic hydroxyl groups excluding tert-OH is 1. The number of hydrogen-bond acceptors (Lipinski definition) is 9. The number of hydrogen-bond donors (Lipinski definition) is 3. The van der Waals surface area contributed by atoms with Gasteiger partial charge in [0.05, 0.1) is 30.1 Å². The maximum atomic E-state index is 14.2. The fraction of sp³-hybridized carbons (Fsp3) is 0.474. The van der Waals surface area contributed by atoms with Crippen LogP contribution in [-0.4, -0.2) is 83.8 Å². The molecule has 13 heteroatoms. The van der Waals surface area contributed by atoms with E-state index in [0.29, 0.717) is 53.8 Å². The summed E-state index contributed by atoms with van der Waals surface area (Å²) in [5.74, 6) is -1.58. The summed E-state index contributed by atoms with van der Waals surface area (Å²) in [5, 5.41) is 14.2. The molecule has 12 nitrogen and oxygen atoms in total. The van der Waals surface area contributed by atoms with E-state index in [9.17, 15) is 27.9 Å². The van der Waals surface area contributed by atoms with Gasteiger partial charge in [-0.15, -0.1) is 6.58 Å². The number of methoxy groups -OCH3 is 1. The zero-order chi connectivity index (χ0) is 35.9. The molecule has 5 atom stereocenters. The lowest BCUT2D eigenvalue weighted by Gasteiger charge is -2.32. The SMILES string of the molecule is C=C[C@@H]1C[C@]1(NC(=O)[C@@H]1C[C@@H](Oc2cc(-c3ccccc3)nc3cc(OC)ccc23)CN1C(=O)[C@@H](O)C1CCCCC1)C(=O)NS(=O)(=O)C1CC1. The Morgan fingerprint density at radius 3 is 2.47 bits per heavy atom. The highest BCUT2D eigenvalue weighted by atomic mass is 32.2. The third-order valence-corrected chi connectivity index (χ3v) is 12.6. The van der Waals surface area contributed by atoms with Crippen LogP contribution in [0.3, 0.4) is 0 Å². The molecule has 2 heterocycles. The largest absolute Gasteiger partial charge is 0.497 e. The molecule has 0 radical (unpaired) electrons. The first kappa shape index (κ1) is 34.9. The second kappa shape index (κ2) is 13.9. The molecule has 7 rings (SSSR count). The number of nitrogens with one attached hydrogen (secondary N) is 2. The van der Waals surface area contributed by atoms with E-state index in [4.69, 9.17) is 14.5 Å². The Labute approximate surface area is 297 Å². The summed E-state index contributed by atoms with van der Waals surface area (Å²) in [5.41, 5.74) is 0.660. The number of amides is 3. The summed E-state index contributed by atoms with van der Waals surface area (Å²) in [7, 11) is -2.29. The average Bonchev–Trinajstić information content (AvgIpc) is 4.08. The Morgan fingerprint density at radius 2 is 1.80 bits per heavy atom. The van der Waals surface area contributed by atoms with Crippen molar-refractivity contribution in [1.82, 2.24) is 19.9 Å². The van der Waals surface area contributed by atoms with Crippen LogP contribution in [0.4, 0.5) is 0 Å². The predicted molar refractivity (Wildman–Crippen MR) is 190 cm³/mol. The van der Waals surface area contributed by atoms with Crippen LogP contribution < -0.4 is 19.5 Å². The molecule has 0 unspecified atom stereocenters. The highest BCUT2D eigenvalue weighted by molar-refractivity contribution is 7.91. The molecule has 3 aliphatic carbocycles. The lowest BCUT2D eigenvalue weighted by Crippen LogP contribution is -2.57. The van der Waals surface area contributed by atoms with E-state index in [0.717, 1.165) is 24.8 Å². The number of sulfonamides is 1. The van der Waals surface area contributed by atoms with Crippen molar-refractivity contribution in [3.8, 4) is 22.8 Å². The number of ether oxygens (including phenoxy) is 2. The molecular formula is C38H44N4O8S. The van der Waals surface area contributed by atoms with Crippen molar-refractivity contribution in [1.29, 1.82) is 0 Å². The van der Waals surface area contributed by atoms with Gasteiger partial charge in [-0.25, -0.2) is 13.4 Å². The Bertz CT molecular complexity index is 1950. The lowest BCUT2D eigenvalue weighted by molar-refractivity contribution is -0.148. The van der Waals surface area contributed by atoms with Gasteiger partial charge in [-0.05, 0) is 50.2 Å². The van der Waals surface area contributed by atoms with E-state index in [2.05, 4.69) is 16.6 Å². The van der Waals surface area contributed by atoms with E-state index >= 15 is 0 Å². The molecule has 51 heavy (non-hydrogen) atoms. The monoisotopic (exact) mass is 716 g/mol. The molecule has 0 spiro atoms. The van der Waals surface area contributed by atoms with Gasteiger partial charge in [0.25, 0.3) is 11.8 Å². The predicted octanol–water partition coefficient (Wildman–Crippen LogP) is 3.87. The van der Waals surface area contributed by atoms with Crippen molar-refractivity contribution in [3.05, 3.63) is 67.3 Å². The van der Waals surface area contributed by atoms with E-state index in [-0.39, 0.29) is 25.3 Å². The van der Waals surface area contributed by atoms with Crippen molar-refractivity contribution < 1.29 is 37.4 Å². The number of benzene rings is 2. The molecule has 4 fully saturated rings. The fourth-order valence-electron chi connectivity index (χ4n) is 7.55. The molecule has 3 N–H and O–H groups in total. The van der Waals surface area contributed by atoms with Crippen molar-refractivity contribution in [2.75, 3.05) is 13.7 Å². The van der Waals surface area contributed by atoms with Crippen LogP contribution in [0.5, 0.6) is 11.5 Å². The molecule has 4 aliphatic rings. The topological polar surface area (TPSA) is 164 Å². The van der Waals surface area contributed by atoms with Crippen LogP contribution in [0.15, 0.2) is 67.3 Å². The Morgan fingerprint density at radius 1 is 1.06 bits per heavy atom. The van der Waals surface area contributed by atoms with Crippen LogP contribution >= 0.6 is 0 Å². The van der Waals surface area contributed by atoms with Gasteiger partial charge in [-0.1, -0.05) is 55.7 Å². The molecular weight excluding hydrogens is 673 g/mol. The van der Waals surface area contributed by atoms with Crippen molar-refractivity contribution in [2.24, 2.45) is 11.8 Å². The molecule has 3 aromatic rings. The maximum Gasteiger partial charge on any atom is 0.259 e. The minimum Gasteiger partial charge on any atom is -0.497 e. The Balaban J connectivity index is 1.18. The van der Waals surface area contributed by atoms with E-state index < -0.39 is 62.7 Å². The standard InChI is InChI=1S/C38H44N4O8S/c1-3-25-21-38(25,37(46)41-51(47,48)28-15-16-28)40-35(44)32-19-27(22-42(32)36(45)34(43)24-12-8-5-9-13-24)50-33-20-30(23-10-6-4-7-11-23)39-31-18-26(49-2)14-17-29(31)33/h3-4,6-7,10-11,14,17-18,20,24-25,27-28,32,34,43H,1,5,8-9,12-13,15-16,19,21-22H2,2H3,(H,40,44)(H,41,46)/t25-,27-,32+,34+,38-/m1/s1. The number of pyridine rings is 1. The lowest BCUT2D eigenvalue weighted by atomic mass is 9.84. The van der Waals surface area contributed by atoms with Gasteiger partial charge in [-0.2, -0.15) is 0 Å². The number of carbonyl (C=O) groups is 3. The number of nitrogens with zero attached hydrogens (tertiary/aromatic N) is 2. The van der Waals surface area contributed by atoms with Gasteiger partial charge in [0.1, 0.15) is 35.3 Å². The van der Waals surface area contributed by atoms with Crippen molar-refractivity contribution in [3.63, 3.8) is 0 Å². The number of aliphatic hydroxyl groups is 1. The van der Waals surface area contributed by atoms with Crippen LogP contribution in [0.1, 0.15) is 57.8 Å². The molecule has 270 valence electrons. The quantitative estimate of drug-likeness (QED) is 0.236. The van der Waals surface area contributed by atoms with Crippen LogP contribution in [0.25, 0.3) is 22.2 Å². The molecule has 1 saturated heterocycles. The van der Waals surface area contributed by atoms with Crippen molar-refractivity contribution in [2.45, 2.75) is 86.8 Å². The molecule has 2 aromatic carbocycles. The summed E-state index contributed by atoms with van der Waals surface area (Å²) >= 11 is 0. The zero-order valence-corrected chi connectivity index (χ0v) is 29.4. The molecule has 3 amide bonds. The Hall–Kier alpha value is -4.49. The highest BCUT2D eigenvalue weighted by Gasteiger charge is 2.62. The first-order valence-corrected chi connectivity index (χ1v) is 19.3. The first-order chi connectivity index (χ1) is 24.5. The molecule has 1 aromatic heterocycles. The third kappa shape index (κ3) is 7.05. The number of aromatic nitrogens is 1. The normalized spacial score (nSPS) is 25.5. The van der Waals surface area contributed by atoms with Gasteiger partial charge in [0, 0.05) is 35.4 Å². The minimum atomic E-state index is -3.87. The highest BCUT2D eigenvalue weighted by Crippen LogP contribution is 2.46. The van der Waals surface area contributed by atoms with Gasteiger partial charge >= 0.3 is 0 Å². The third-order valence-electron chi connectivity index (χ3n) is 10.8. The van der Waals surface area contributed by atoms with Gasteiger partial charge in [-0.3, -0.25) is 19.1 Å². The van der Waals surface area contributed by atoms with Gasteiger partial charge in [0.2, 0.25) is 15.9 Å².